The summed E-state index contributed by atoms with van der Waals surface area (Å²) in [6.45, 7) is 4.71. The Balaban J connectivity index is 1.75. The molecule has 110 valence electrons. The Bertz CT molecular complexity index is 633. The van der Waals surface area contributed by atoms with Crippen LogP contribution >= 0.6 is 0 Å². The number of aromatic nitrogens is 4. The predicted octanol–water partition coefficient (Wildman–Crippen LogP) is 1.39. The summed E-state index contributed by atoms with van der Waals surface area (Å²) in [7, 11) is 0. The first-order valence-electron chi connectivity index (χ1n) is 7.49. The van der Waals surface area contributed by atoms with Crippen LogP contribution in [0.15, 0.2) is 24.5 Å². The zero-order chi connectivity index (χ0) is 14.3. The molecule has 21 heavy (non-hydrogen) atoms. The molecule has 0 aliphatic carbocycles. The van der Waals surface area contributed by atoms with E-state index in [1.54, 1.807) is 6.20 Å². The molecule has 1 N–H and O–H groups in total. The average Bonchev–Trinajstić information content (AvgIpc) is 3.15. The molecular formula is C15H19N5O. The smallest absolute Gasteiger partial charge is 0.165 e. The SMILES string of the molecule is CC1(c2nnc3n2CCNC3c2cccnc2)CCCO1. The fourth-order valence-corrected chi connectivity index (χ4v) is 3.32. The standard InChI is InChI=1S/C15H19N5O/c1-15(5-3-9-21-15)14-19-18-13-12(17-7-8-20(13)14)11-4-2-6-16-10-11/h2,4,6,10,12,17H,3,5,7-9H2,1H3. The van der Waals surface area contributed by atoms with Crippen molar-refractivity contribution in [2.75, 3.05) is 13.2 Å². The summed E-state index contributed by atoms with van der Waals surface area (Å²) in [4.78, 5) is 4.21. The molecule has 2 aliphatic rings. The van der Waals surface area contributed by atoms with Crippen LogP contribution in [-0.4, -0.2) is 32.9 Å². The van der Waals surface area contributed by atoms with Crippen molar-refractivity contribution in [2.24, 2.45) is 0 Å². The third kappa shape index (κ3) is 2.06. The Labute approximate surface area is 123 Å². The maximum atomic E-state index is 5.94. The summed E-state index contributed by atoms with van der Waals surface area (Å²) < 4.78 is 8.16. The van der Waals surface area contributed by atoms with Crippen molar-refractivity contribution in [3.8, 4) is 0 Å². The van der Waals surface area contributed by atoms with E-state index in [9.17, 15) is 0 Å². The highest BCUT2D eigenvalue weighted by Crippen LogP contribution is 2.36. The molecule has 0 saturated carbocycles. The predicted molar refractivity (Wildman–Crippen MR) is 76.6 cm³/mol. The van der Waals surface area contributed by atoms with E-state index in [1.165, 1.54) is 0 Å². The van der Waals surface area contributed by atoms with E-state index >= 15 is 0 Å². The Morgan fingerprint density at radius 1 is 1.43 bits per heavy atom. The van der Waals surface area contributed by atoms with Gasteiger partial charge >= 0.3 is 0 Å². The van der Waals surface area contributed by atoms with Gasteiger partial charge in [0.15, 0.2) is 11.6 Å². The molecule has 4 rings (SSSR count). The maximum Gasteiger partial charge on any atom is 0.165 e. The molecule has 0 bridgehead atoms. The topological polar surface area (TPSA) is 64.9 Å². The minimum Gasteiger partial charge on any atom is -0.367 e. The third-order valence-electron chi connectivity index (χ3n) is 4.43. The Kier molecular flexibility index (Phi) is 3.01. The second-order valence-electron chi connectivity index (χ2n) is 5.89. The summed E-state index contributed by atoms with van der Waals surface area (Å²) in [5, 5.41) is 12.4. The number of hydrogen-bond acceptors (Lipinski definition) is 5. The van der Waals surface area contributed by atoms with Crippen LogP contribution in [0.2, 0.25) is 0 Å². The third-order valence-corrected chi connectivity index (χ3v) is 4.43. The quantitative estimate of drug-likeness (QED) is 0.903. The van der Waals surface area contributed by atoms with Crippen LogP contribution in [0.3, 0.4) is 0 Å². The molecular weight excluding hydrogens is 266 g/mol. The van der Waals surface area contributed by atoms with Gasteiger partial charge in [0.25, 0.3) is 0 Å². The van der Waals surface area contributed by atoms with Crippen LogP contribution in [0.25, 0.3) is 0 Å². The zero-order valence-electron chi connectivity index (χ0n) is 12.1. The molecule has 2 aromatic rings. The summed E-state index contributed by atoms with van der Waals surface area (Å²) in [5.74, 6) is 1.92. The van der Waals surface area contributed by atoms with Crippen molar-refractivity contribution >= 4 is 0 Å². The van der Waals surface area contributed by atoms with Gasteiger partial charge in [0, 0.05) is 32.1 Å². The lowest BCUT2D eigenvalue weighted by atomic mass is 10.0. The molecule has 2 aromatic heterocycles. The van der Waals surface area contributed by atoms with E-state index < -0.39 is 0 Å². The zero-order valence-corrected chi connectivity index (χ0v) is 12.1. The van der Waals surface area contributed by atoms with Crippen LogP contribution in [0, 0.1) is 0 Å². The van der Waals surface area contributed by atoms with E-state index in [-0.39, 0.29) is 11.6 Å². The Hall–Kier alpha value is -1.79. The summed E-state index contributed by atoms with van der Waals surface area (Å²) >= 11 is 0. The number of nitrogens with zero attached hydrogens (tertiary/aromatic N) is 4. The largest absolute Gasteiger partial charge is 0.367 e. The van der Waals surface area contributed by atoms with Gasteiger partial charge in [-0.15, -0.1) is 10.2 Å². The number of fused-ring (bicyclic) bond motifs is 1. The molecule has 4 heterocycles. The molecule has 1 saturated heterocycles. The van der Waals surface area contributed by atoms with Gasteiger partial charge < -0.3 is 14.6 Å². The first kappa shape index (κ1) is 12.9. The molecule has 1 fully saturated rings. The van der Waals surface area contributed by atoms with Crippen molar-refractivity contribution in [3.05, 3.63) is 41.7 Å². The molecule has 0 spiro atoms. The Morgan fingerprint density at radius 3 is 3.14 bits per heavy atom. The van der Waals surface area contributed by atoms with Gasteiger partial charge in [-0.1, -0.05) is 6.07 Å². The van der Waals surface area contributed by atoms with Crippen LogP contribution in [0.4, 0.5) is 0 Å². The molecule has 6 nitrogen and oxygen atoms in total. The summed E-state index contributed by atoms with van der Waals surface area (Å²) in [5.41, 5.74) is 0.831. The van der Waals surface area contributed by atoms with Crippen LogP contribution in [-0.2, 0) is 16.9 Å². The van der Waals surface area contributed by atoms with Gasteiger partial charge in [-0.3, -0.25) is 4.98 Å². The number of nitrogens with one attached hydrogen (secondary N) is 1. The van der Waals surface area contributed by atoms with Gasteiger partial charge in [0.05, 0.1) is 6.04 Å². The van der Waals surface area contributed by atoms with E-state index in [1.807, 2.05) is 12.3 Å². The first-order valence-corrected chi connectivity index (χ1v) is 7.49. The highest BCUT2D eigenvalue weighted by molar-refractivity contribution is 5.24. The Morgan fingerprint density at radius 2 is 2.38 bits per heavy atom. The molecule has 6 heteroatoms. The van der Waals surface area contributed by atoms with E-state index in [0.717, 1.165) is 49.8 Å². The minimum absolute atomic E-state index is 0.0544. The lowest BCUT2D eigenvalue weighted by Crippen LogP contribution is -2.37. The van der Waals surface area contributed by atoms with Crippen molar-refractivity contribution in [3.63, 3.8) is 0 Å². The monoisotopic (exact) mass is 285 g/mol. The van der Waals surface area contributed by atoms with Crippen molar-refractivity contribution in [2.45, 2.75) is 38.0 Å². The number of ether oxygens (including phenoxy) is 1. The van der Waals surface area contributed by atoms with Gasteiger partial charge in [-0.05, 0) is 31.4 Å². The van der Waals surface area contributed by atoms with Gasteiger partial charge in [-0.25, -0.2) is 0 Å². The number of rotatable bonds is 2. The second-order valence-corrected chi connectivity index (χ2v) is 5.89. The molecule has 0 amide bonds. The molecule has 0 radical (unpaired) electrons. The van der Waals surface area contributed by atoms with Crippen LogP contribution in [0.5, 0.6) is 0 Å². The second kappa shape index (κ2) is 4.89. The van der Waals surface area contributed by atoms with Gasteiger partial charge in [0.2, 0.25) is 0 Å². The van der Waals surface area contributed by atoms with Crippen LogP contribution < -0.4 is 5.32 Å². The molecule has 2 atom stereocenters. The number of hydrogen-bond donors (Lipinski definition) is 1. The minimum atomic E-state index is -0.290. The van der Waals surface area contributed by atoms with Gasteiger partial charge in [0.1, 0.15) is 5.60 Å². The van der Waals surface area contributed by atoms with E-state index in [2.05, 4.69) is 38.1 Å². The maximum absolute atomic E-state index is 5.94. The molecule has 0 aromatic carbocycles. The van der Waals surface area contributed by atoms with Crippen molar-refractivity contribution < 1.29 is 4.74 Å². The first-order chi connectivity index (χ1) is 10.3. The van der Waals surface area contributed by atoms with E-state index in [4.69, 9.17) is 4.74 Å². The lowest BCUT2D eigenvalue weighted by Gasteiger charge is -2.28. The van der Waals surface area contributed by atoms with Crippen molar-refractivity contribution in [1.82, 2.24) is 25.1 Å². The number of pyridine rings is 1. The summed E-state index contributed by atoms with van der Waals surface area (Å²) in [6, 6.07) is 4.08. The fourth-order valence-electron chi connectivity index (χ4n) is 3.32. The fraction of sp³-hybridized carbons (Fsp3) is 0.533. The molecule has 2 unspecified atom stereocenters. The van der Waals surface area contributed by atoms with Crippen molar-refractivity contribution in [1.29, 1.82) is 0 Å². The van der Waals surface area contributed by atoms with E-state index in [0.29, 0.717) is 0 Å². The normalized spacial score (nSPS) is 28.5. The average molecular weight is 285 g/mol. The summed E-state index contributed by atoms with van der Waals surface area (Å²) in [6.07, 6.45) is 5.77. The molecule has 2 aliphatic heterocycles. The lowest BCUT2D eigenvalue weighted by molar-refractivity contribution is 0.00573. The van der Waals surface area contributed by atoms with Crippen LogP contribution in [0.1, 0.15) is 43.0 Å². The highest BCUT2D eigenvalue weighted by atomic mass is 16.5. The van der Waals surface area contributed by atoms with Gasteiger partial charge in [-0.2, -0.15) is 0 Å². The highest BCUT2D eigenvalue weighted by Gasteiger charge is 2.39.